The molecule has 0 spiro atoms. The summed E-state index contributed by atoms with van der Waals surface area (Å²) in [6.45, 7) is 3.50. The Labute approximate surface area is 203 Å². The number of aromatic nitrogens is 1. The van der Waals surface area contributed by atoms with Crippen LogP contribution in [-0.4, -0.2) is 42.1 Å². The van der Waals surface area contributed by atoms with E-state index in [1.165, 1.54) is 7.11 Å². The summed E-state index contributed by atoms with van der Waals surface area (Å²) >= 11 is 0. The summed E-state index contributed by atoms with van der Waals surface area (Å²) in [5.41, 5.74) is 5.36. The fourth-order valence-corrected chi connectivity index (χ4v) is 4.63. The molecule has 1 unspecified atom stereocenters. The van der Waals surface area contributed by atoms with Gasteiger partial charge in [0.15, 0.2) is 17.6 Å². The van der Waals surface area contributed by atoms with Crippen molar-refractivity contribution < 1.29 is 23.8 Å². The lowest BCUT2D eigenvalue weighted by Crippen LogP contribution is -2.37. The van der Waals surface area contributed by atoms with E-state index >= 15 is 0 Å². The number of amides is 2. The van der Waals surface area contributed by atoms with Gasteiger partial charge in [-0.25, -0.2) is 0 Å². The molecule has 1 atom stereocenters. The lowest BCUT2D eigenvalue weighted by atomic mass is 9.94. The van der Waals surface area contributed by atoms with Crippen molar-refractivity contribution in [1.82, 2.24) is 15.2 Å². The summed E-state index contributed by atoms with van der Waals surface area (Å²) in [6, 6.07) is 14.7. The van der Waals surface area contributed by atoms with E-state index in [0.717, 1.165) is 27.9 Å². The Balaban J connectivity index is 1.30. The number of nitrogens with one attached hydrogen (secondary N) is 1. The topological polar surface area (TPSA) is 90.0 Å². The fourth-order valence-electron chi connectivity index (χ4n) is 4.63. The lowest BCUT2D eigenvalue weighted by molar-refractivity contribution is -0.131. The van der Waals surface area contributed by atoms with E-state index in [0.29, 0.717) is 43.1 Å². The maximum Gasteiger partial charge on any atom is 0.254 e. The molecule has 8 nitrogen and oxygen atoms in total. The zero-order valence-electron chi connectivity index (χ0n) is 19.7. The number of rotatable bonds is 6. The predicted octanol–water partition coefficient (Wildman–Crippen LogP) is 3.32. The third kappa shape index (κ3) is 4.57. The average molecular weight is 474 g/mol. The third-order valence-corrected chi connectivity index (χ3v) is 6.52. The molecule has 0 aliphatic carbocycles. The first-order valence-electron chi connectivity index (χ1n) is 11.6. The van der Waals surface area contributed by atoms with Crippen molar-refractivity contribution in [3.8, 4) is 11.5 Å². The number of ether oxygens (including phenoxy) is 3. The molecule has 2 aliphatic heterocycles. The zero-order chi connectivity index (χ0) is 24.4. The maximum atomic E-state index is 13.2. The molecule has 2 aromatic carbocycles. The molecule has 0 radical (unpaired) electrons. The van der Waals surface area contributed by atoms with Crippen molar-refractivity contribution in [2.24, 2.45) is 0 Å². The third-order valence-electron chi connectivity index (χ3n) is 6.52. The number of hydrogen-bond acceptors (Lipinski definition) is 6. The first kappa shape index (κ1) is 22.9. The molecule has 180 valence electrons. The molecule has 1 N–H and O–H groups in total. The molecule has 3 aromatic rings. The van der Waals surface area contributed by atoms with Gasteiger partial charge in [0.2, 0.25) is 6.79 Å². The van der Waals surface area contributed by atoms with Crippen LogP contribution >= 0.6 is 0 Å². The van der Waals surface area contributed by atoms with Crippen molar-refractivity contribution in [2.45, 2.75) is 32.5 Å². The highest BCUT2D eigenvalue weighted by Gasteiger charge is 2.27. The molecule has 0 fully saturated rings. The van der Waals surface area contributed by atoms with Gasteiger partial charge >= 0.3 is 0 Å². The summed E-state index contributed by atoms with van der Waals surface area (Å²) in [6.07, 6.45) is 1.84. The molecule has 0 saturated heterocycles. The molecule has 0 saturated carbocycles. The number of aryl methyl sites for hydroxylation is 1. The molecule has 0 bridgehead atoms. The molecule has 2 aliphatic rings. The Hall–Kier alpha value is -3.91. The van der Waals surface area contributed by atoms with Crippen LogP contribution in [0.25, 0.3) is 0 Å². The molecular formula is C27H27N3O5. The van der Waals surface area contributed by atoms with E-state index in [4.69, 9.17) is 14.2 Å². The number of fused-ring (bicyclic) bond motifs is 2. The van der Waals surface area contributed by atoms with Gasteiger partial charge in [0.25, 0.3) is 11.8 Å². The normalized spacial score (nSPS) is 14.9. The van der Waals surface area contributed by atoms with Gasteiger partial charge in [0.1, 0.15) is 0 Å². The highest BCUT2D eigenvalue weighted by molar-refractivity contribution is 5.95. The predicted molar refractivity (Wildman–Crippen MR) is 128 cm³/mol. The fraction of sp³-hybridized carbons (Fsp3) is 0.296. The number of nitrogens with zero attached hydrogens (tertiary/aromatic N) is 2. The Kier molecular flexibility index (Phi) is 6.37. The summed E-state index contributed by atoms with van der Waals surface area (Å²) in [5.74, 6) is 0.981. The van der Waals surface area contributed by atoms with Gasteiger partial charge in [-0.15, -0.1) is 0 Å². The SMILES string of the molecule is COC(C(=O)NCc1c(C)ncc2c1CCN(C(=O)c1ccc3c(c1)OCO3)C2)c1ccccc1. The van der Waals surface area contributed by atoms with Gasteiger partial charge < -0.3 is 24.4 Å². The molecular weight excluding hydrogens is 446 g/mol. The van der Waals surface area contributed by atoms with Crippen LogP contribution in [0.15, 0.2) is 54.7 Å². The van der Waals surface area contributed by atoms with Crippen LogP contribution in [0.5, 0.6) is 11.5 Å². The highest BCUT2D eigenvalue weighted by Crippen LogP contribution is 2.33. The highest BCUT2D eigenvalue weighted by atomic mass is 16.7. The monoisotopic (exact) mass is 473 g/mol. The van der Waals surface area contributed by atoms with Gasteiger partial charge in [0, 0.05) is 44.2 Å². The second-order valence-electron chi connectivity index (χ2n) is 8.61. The van der Waals surface area contributed by atoms with Gasteiger partial charge in [-0.1, -0.05) is 30.3 Å². The average Bonchev–Trinajstić information content (AvgIpc) is 3.36. The smallest absolute Gasteiger partial charge is 0.254 e. The van der Waals surface area contributed by atoms with Crippen molar-refractivity contribution in [1.29, 1.82) is 0 Å². The van der Waals surface area contributed by atoms with E-state index in [9.17, 15) is 9.59 Å². The largest absolute Gasteiger partial charge is 0.454 e. The quantitative estimate of drug-likeness (QED) is 0.591. The number of carbonyl (C=O) groups is 2. The molecule has 1 aromatic heterocycles. The molecule has 2 amide bonds. The van der Waals surface area contributed by atoms with Crippen LogP contribution in [0.3, 0.4) is 0 Å². The summed E-state index contributed by atoms with van der Waals surface area (Å²) in [7, 11) is 1.53. The number of carbonyl (C=O) groups excluding carboxylic acids is 2. The Morgan fingerprint density at radius 1 is 1.14 bits per heavy atom. The maximum absolute atomic E-state index is 13.2. The van der Waals surface area contributed by atoms with E-state index in [1.54, 1.807) is 18.2 Å². The minimum absolute atomic E-state index is 0.0600. The van der Waals surface area contributed by atoms with Crippen LogP contribution in [-0.2, 0) is 29.0 Å². The Morgan fingerprint density at radius 3 is 2.74 bits per heavy atom. The number of hydrogen-bond donors (Lipinski definition) is 1. The van der Waals surface area contributed by atoms with Gasteiger partial charge in [0.05, 0.1) is 0 Å². The molecule has 5 rings (SSSR count). The molecule has 8 heteroatoms. The standard InChI is InChI=1S/C27H27N3O5/c1-17-22(14-29-26(31)25(33-2)18-6-4-3-5-7-18)21-10-11-30(15-20(21)13-28-17)27(32)19-8-9-23-24(12-19)35-16-34-23/h3-9,12-13,25H,10-11,14-16H2,1-2H3,(H,29,31). The van der Waals surface area contributed by atoms with Crippen molar-refractivity contribution in [2.75, 3.05) is 20.4 Å². The molecule has 3 heterocycles. The van der Waals surface area contributed by atoms with E-state index in [-0.39, 0.29) is 18.6 Å². The summed E-state index contributed by atoms with van der Waals surface area (Å²) in [4.78, 5) is 32.4. The first-order valence-corrected chi connectivity index (χ1v) is 11.6. The Morgan fingerprint density at radius 2 is 1.94 bits per heavy atom. The van der Waals surface area contributed by atoms with Crippen molar-refractivity contribution in [3.63, 3.8) is 0 Å². The summed E-state index contributed by atoms with van der Waals surface area (Å²) in [5, 5.41) is 3.01. The Bertz CT molecular complexity index is 1260. The minimum atomic E-state index is -0.682. The van der Waals surface area contributed by atoms with Crippen molar-refractivity contribution in [3.05, 3.63) is 88.2 Å². The van der Waals surface area contributed by atoms with Crippen LogP contribution in [0.4, 0.5) is 0 Å². The van der Waals surface area contributed by atoms with Gasteiger partial charge in [-0.05, 0) is 53.8 Å². The van der Waals surface area contributed by atoms with Crippen LogP contribution in [0.2, 0.25) is 0 Å². The number of methoxy groups -OCH3 is 1. The second kappa shape index (κ2) is 9.76. The molecule has 35 heavy (non-hydrogen) atoms. The lowest BCUT2D eigenvalue weighted by Gasteiger charge is -2.30. The van der Waals surface area contributed by atoms with Gasteiger partial charge in [-0.2, -0.15) is 0 Å². The number of benzene rings is 2. The van der Waals surface area contributed by atoms with Crippen LogP contribution < -0.4 is 14.8 Å². The summed E-state index contributed by atoms with van der Waals surface area (Å²) < 4.78 is 16.2. The van der Waals surface area contributed by atoms with Crippen LogP contribution in [0.1, 0.15) is 44.4 Å². The number of pyridine rings is 1. The first-order chi connectivity index (χ1) is 17.0. The minimum Gasteiger partial charge on any atom is -0.454 e. The van der Waals surface area contributed by atoms with E-state index < -0.39 is 6.10 Å². The zero-order valence-corrected chi connectivity index (χ0v) is 19.7. The van der Waals surface area contributed by atoms with E-state index in [2.05, 4.69) is 10.3 Å². The van der Waals surface area contributed by atoms with E-state index in [1.807, 2.05) is 48.4 Å². The van der Waals surface area contributed by atoms with Crippen molar-refractivity contribution >= 4 is 11.8 Å². The second-order valence-corrected chi connectivity index (χ2v) is 8.61. The van der Waals surface area contributed by atoms with Gasteiger partial charge in [-0.3, -0.25) is 14.6 Å². The van der Waals surface area contributed by atoms with Crippen LogP contribution in [0, 0.1) is 6.92 Å².